The Labute approximate surface area is 169 Å². The second-order valence-electron chi connectivity index (χ2n) is 6.84. The Morgan fingerprint density at radius 2 is 1.79 bits per heavy atom. The van der Waals surface area contributed by atoms with Crippen LogP contribution in [0.15, 0.2) is 54.7 Å². The highest BCUT2D eigenvalue weighted by atomic mass is 16.5. The second kappa shape index (κ2) is 8.10. The molecule has 1 aromatic heterocycles. The molecule has 1 aliphatic rings. The van der Waals surface area contributed by atoms with E-state index >= 15 is 0 Å². The summed E-state index contributed by atoms with van der Waals surface area (Å²) in [6, 6.07) is 15.6. The maximum atomic E-state index is 7.39. The Morgan fingerprint density at radius 1 is 1.03 bits per heavy atom. The van der Waals surface area contributed by atoms with Crippen molar-refractivity contribution in [1.82, 2.24) is 9.97 Å². The van der Waals surface area contributed by atoms with Gasteiger partial charge in [-0.15, -0.1) is 0 Å². The lowest BCUT2D eigenvalue weighted by molar-refractivity contribution is 0.414. The molecule has 0 saturated heterocycles. The van der Waals surface area contributed by atoms with E-state index < -0.39 is 0 Å². The lowest BCUT2D eigenvalue weighted by Gasteiger charge is -2.16. The van der Waals surface area contributed by atoms with Gasteiger partial charge in [0.05, 0.1) is 13.0 Å². The van der Waals surface area contributed by atoms with Crippen LogP contribution in [0.1, 0.15) is 22.6 Å². The number of aromatic nitrogens is 2. The van der Waals surface area contributed by atoms with E-state index in [1.165, 1.54) is 23.6 Å². The molecule has 0 aliphatic carbocycles. The fraction of sp³-hybridized carbons (Fsp3) is 0.182. The van der Waals surface area contributed by atoms with E-state index in [-0.39, 0.29) is 5.92 Å². The summed E-state index contributed by atoms with van der Waals surface area (Å²) in [6.45, 7) is 1.52. The highest BCUT2D eigenvalue weighted by Crippen LogP contribution is 2.29. The van der Waals surface area contributed by atoms with Gasteiger partial charge in [0, 0.05) is 37.4 Å². The number of hydrogen-bond donors (Lipinski definition) is 3. The summed E-state index contributed by atoms with van der Waals surface area (Å²) in [5.74, 6) is 1.96. The average molecular weight is 386 g/mol. The van der Waals surface area contributed by atoms with Crippen LogP contribution >= 0.6 is 0 Å². The Morgan fingerprint density at radius 3 is 2.52 bits per heavy atom. The summed E-state index contributed by atoms with van der Waals surface area (Å²) in [4.78, 5) is 11.2. The van der Waals surface area contributed by atoms with Crippen molar-refractivity contribution in [2.24, 2.45) is 0 Å². The largest absolute Gasteiger partial charge is 0.497 e. The molecule has 7 heteroatoms. The first-order valence-electron chi connectivity index (χ1n) is 9.32. The van der Waals surface area contributed by atoms with Crippen LogP contribution in [0.3, 0.4) is 0 Å². The van der Waals surface area contributed by atoms with Crippen molar-refractivity contribution in [2.45, 2.75) is 19.0 Å². The van der Waals surface area contributed by atoms with Gasteiger partial charge in [-0.05, 0) is 47.0 Å². The maximum Gasteiger partial charge on any atom is 0.227 e. The molecule has 29 heavy (non-hydrogen) atoms. The van der Waals surface area contributed by atoms with Crippen LogP contribution in [-0.4, -0.2) is 29.5 Å². The van der Waals surface area contributed by atoms with Crippen LogP contribution in [0.5, 0.6) is 5.75 Å². The minimum Gasteiger partial charge on any atom is -0.497 e. The van der Waals surface area contributed by atoms with Gasteiger partial charge in [-0.25, -0.2) is 4.98 Å². The molecule has 0 spiro atoms. The fourth-order valence-electron chi connectivity index (χ4n) is 3.39. The third kappa shape index (κ3) is 3.94. The first-order chi connectivity index (χ1) is 14.2. The molecule has 7 nitrogen and oxygen atoms in total. The number of fused-ring (bicyclic) bond motifs is 1. The molecule has 0 saturated carbocycles. The molecule has 0 bridgehead atoms. The molecule has 0 amide bonds. The molecular weight excluding hydrogens is 364 g/mol. The van der Waals surface area contributed by atoms with Crippen molar-refractivity contribution in [2.75, 3.05) is 17.3 Å². The number of hydrogen-bond acceptors (Lipinski definition) is 7. The standard InChI is InChI=1S/C22H22N6O/c1-29-20-7-4-16-13-28(14-17(16)10-20)22-25-9-8-21(27-22)26-19-5-2-15(3-6-19)18(11-23)12-24/h2-12,18,23-24H,13-14H2,1H3,(H,25,26,27). The number of nitrogens with zero attached hydrogens (tertiary/aromatic N) is 3. The Bertz CT molecular complexity index is 1030. The quantitative estimate of drug-likeness (QED) is 0.530. The summed E-state index contributed by atoms with van der Waals surface area (Å²) < 4.78 is 5.32. The highest BCUT2D eigenvalue weighted by Gasteiger charge is 2.21. The first-order valence-corrected chi connectivity index (χ1v) is 9.32. The van der Waals surface area contributed by atoms with E-state index in [9.17, 15) is 0 Å². The van der Waals surface area contributed by atoms with Crippen LogP contribution < -0.4 is 15.0 Å². The van der Waals surface area contributed by atoms with E-state index in [4.69, 9.17) is 15.6 Å². The predicted molar refractivity (Wildman–Crippen MR) is 115 cm³/mol. The lowest BCUT2D eigenvalue weighted by atomic mass is 10.0. The van der Waals surface area contributed by atoms with Gasteiger partial charge < -0.3 is 25.8 Å². The molecule has 0 radical (unpaired) electrons. The van der Waals surface area contributed by atoms with Crippen LogP contribution in [0.25, 0.3) is 0 Å². The van der Waals surface area contributed by atoms with Gasteiger partial charge in [0.25, 0.3) is 0 Å². The minimum absolute atomic E-state index is 0.287. The molecule has 3 aromatic rings. The maximum absolute atomic E-state index is 7.39. The number of nitrogens with one attached hydrogen (secondary N) is 3. The van der Waals surface area contributed by atoms with Crippen LogP contribution in [0.4, 0.5) is 17.5 Å². The van der Waals surface area contributed by atoms with Gasteiger partial charge in [0.2, 0.25) is 5.95 Å². The summed E-state index contributed by atoms with van der Waals surface area (Å²) in [5, 5.41) is 18.1. The van der Waals surface area contributed by atoms with Crippen molar-refractivity contribution >= 4 is 29.9 Å². The SMILES string of the molecule is COc1ccc2c(c1)CN(c1nccc(Nc3ccc(C(C=N)C=N)cc3)n1)C2. The first kappa shape index (κ1) is 18.6. The average Bonchev–Trinajstić information content (AvgIpc) is 3.19. The zero-order valence-electron chi connectivity index (χ0n) is 16.1. The third-order valence-corrected chi connectivity index (χ3v) is 4.99. The summed E-state index contributed by atoms with van der Waals surface area (Å²) in [6.07, 6.45) is 4.27. The van der Waals surface area contributed by atoms with Crippen LogP contribution in [0, 0.1) is 10.8 Å². The number of rotatable bonds is 7. The third-order valence-electron chi connectivity index (χ3n) is 4.99. The van der Waals surface area contributed by atoms with Crippen molar-refractivity contribution in [3.05, 3.63) is 71.4 Å². The molecule has 0 fully saturated rings. The zero-order chi connectivity index (χ0) is 20.2. The fourth-order valence-corrected chi connectivity index (χ4v) is 3.39. The van der Waals surface area contributed by atoms with E-state index in [0.29, 0.717) is 11.8 Å². The molecule has 3 N–H and O–H groups in total. The van der Waals surface area contributed by atoms with Gasteiger partial charge in [-0.1, -0.05) is 18.2 Å². The van der Waals surface area contributed by atoms with E-state index in [1.54, 1.807) is 13.3 Å². The van der Waals surface area contributed by atoms with Crippen molar-refractivity contribution < 1.29 is 4.74 Å². The van der Waals surface area contributed by atoms with Gasteiger partial charge in [0.1, 0.15) is 11.6 Å². The van der Waals surface area contributed by atoms with E-state index in [0.717, 1.165) is 30.1 Å². The monoisotopic (exact) mass is 386 g/mol. The summed E-state index contributed by atoms with van der Waals surface area (Å²) >= 11 is 0. The molecule has 1 aliphatic heterocycles. The Balaban J connectivity index is 1.48. The van der Waals surface area contributed by atoms with Crippen molar-refractivity contribution in [1.29, 1.82) is 10.8 Å². The Kier molecular flexibility index (Phi) is 5.20. The van der Waals surface area contributed by atoms with Crippen molar-refractivity contribution in [3.63, 3.8) is 0 Å². The van der Waals surface area contributed by atoms with Crippen LogP contribution in [0.2, 0.25) is 0 Å². The normalized spacial score (nSPS) is 13.5. The number of methoxy groups -OCH3 is 1. The second-order valence-corrected chi connectivity index (χ2v) is 6.84. The summed E-state index contributed by atoms with van der Waals surface area (Å²) in [5.41, 5.74) is 4.29. The van der Waals surface area contributed by atoms with Gasteiger partial charge in [-0.3, -0.25) is 0 Å². The highest BCUT2D eigenvalue weighted by molar-refractivity contribution is 5.87. The smallest absolute Gasteiger partial charge is 0.227 e. The molecule has 2 heterocycles. The molecule has 4 rings (SSSR count). The Hall–Kier alpha value is -3.74. The minimum atomic E-state index is -0.287. The molecule has 2 aromatic carbocycles. The van der Waals surface area contributed by atoms with Crippen molar-refractivity contribution in [3.8, 4) is 5.75 Å². The predicted octanol–water partition coefficient (Wildman–Crippen LogP) is 4.13. The van der Waals surface area contributed by atoms with E-state index in [1.807, 2.05) is 36.4 Å². The number of ether oxygens (including phenoxy) is 1. The van der Waals surface area contributed by atoms with Gasteiger partial charge in [-0.2, -0.15) is 4.98 Å². The van der Waals surface area contributed by atoms with Gasteiger partial charge >= 0.3 is 0 Å². The number of benzene rings is 2. The number of anilines is 3. The van der Waals surface area contributed by atoms with E-state index in [2.05, 4.69) is 32.3 Å². The topological polar surface area (TPSA) is 98.0 Å². The van der Waals surface area contributed by atoms with Crippen LogP contribution in [-0.2, 0) is 13.1 Å². The molecule has 0 atom stereocenters. The zero-order valence-corrected chi connectivity index (χ0v) is 16.1. The molecule has 146 valence electrons. The molecular formula is C22H22N6O. The molecule has 0 unspecified atom stereocenters. The lowest BCUT2D eigenvalue weighted by Crippen LogP contribution is -2.17. The van der Waals surface area contributed by atoms with Gasteiger partial charge in [0.15, 0.2) is 0 Å². The summed E-state index contributed by atoms with van der Waals surface area (Å²) in [7, 11) is 1.68.